The van der Waals surface area contributed by atoms with Crippen molar-refractivity contribution < 1.29 is 5.11 Å². The van der Waals surface area contributed by atoms with E-state index in [1.807, 2.05) is 0 Å². The summed E-state index contributed by atoms with van der Waals surface area (Å²) in [5, 5.41) is 8.95. The summed E-state index contributed by atoms with van der Waals surface area (Å²) < 4.78 is 0. The maximum absolute atomic E-state index is 8.95. The van der Waals surface area contributed by atoms with Gasteiger partial charge in [-0.1, -0.05) is 0 Å². The molecular weight excluding hydrogens is 126 g/mol. The van der Waals surface area contributed by atoms with Gasteiger partial charge in [-0.25, -0.2) is 0 Å². The van der Waals surface area contributed by atoms with Crippen LogP contribution in [0.5, 0.6) is 0 Å². The molecule has 2 bridgehead atoms. The molecule has 2 rings (SSSR count). The molecule has 0 spiro atoms. The maximum Gasteiger partial charge on any atom is 0.0462 e. The number of rotatable bonds is 1. The molecule has 2 saturated carbocycles. The molecule has 2 fully saturated rings. The minimum Gasteiger partial charge on any atom is -0.396 e. The summed E-state index contributed by atoms with van der Waals surface area (Å²) in [5.74, 6) is 2.03. The van der Waals surface area contributed by atoms with Crippen molar-refractivity contribution in [1.29, 1.82) is 0 Å². The van der Waals surface area contributed by atoms with E-state index in [9.17, 15) is 0 Å². The zero-order chi connectivity index (χ0) is 7.14. The van der Waals surface area contributed by atoms with Gasteiger partial charge < -0.3 is 10.8 Å². The van der Waals surface area contributed by atoms with Crippen molar-refractivity contribution in [3.05, 3.63) is 0 Å². The third-order valence-corrected chi connectivity index (χ3v) is 3.24. The predicted octanol–water partition coefficient (Wildman–Crippen LogP) is 0.352. The maximum atomic E-state index is 8.95. The Morgan fingerprint density at radius 1 is 1.30 bits per heavy atom. The van der Waals surface area contributed by atoms with E-state index >= 15 is 0 Å². The van der Waals surface area contributed by atoms with E-state index in [0.29, 0.717) is 24.5 Å². The Balaban J connectivity index is 2.06. The highest BCUT2D eigenvalue weighted by molar-refractivity contribution is 4.97. The first-order valence-corrected chi connectivity index (χ1v) is 4.17. The van der Waals surface area contributed by atoms with Crippen molar-refractivity contribution in [2.45, 2.75) is 25.3 Å². The van der Waals surface area contributed by atoms with Crippen molar-refractivity contribution in [2.75, 3.05) is 6.61 Å². The molecule has 4 atom stereocenters. The predicted molar refractivity (Wildman–Crippen MR) is 39.4 cm³/mol. The molecule has 0 aromatic heterocycles. The van der Waals surface area contributed by atoms with Gasteiger partial charge in [-0.15, -0.1) is 0 Å². The number of hydrogen-bond acceptors (Lipinski definition) is 2. The highest BCUT2D eigenvalue weighted by Gasteiger charge is 2.43. The van der Waals surface area contributed by atoms with Gasteiger partial charge in [-0.2, -0.15) is 0 Å². The van der Waals surface area contributed by atoms with Crippen LogP contribution in [-0.4, -0.2) is 17.8 Å². The summed E-state index contributed by atoms with van der Waals surface area (Å²) >= 11 is 0. The number of nitrogens with two attached hydrogens (primary N) is 1. The molecule has 0 aromatic rings. The second-order valence-electron chi connectivity index (χ2n) is 3.84. The SMILES string of the molecule is N[C@H]1C[C@H]2C[C@H](CO)[C@@H]1C2. The zero-order valence-corrected chi connectivity index (χ0v) is 6.16. The summed E-state index contributed by atoms with van der Waals surface area (Å²) in [5.41, 5.74) is 5.87. The molecule has 2 nitrogen and oxygen atoms in total. The lowest BCUT2D eigenvalue weighted by Gasteiger charge is -2.24. The first-order chi connectivity index (χ1) is 4.81. The van der Waals surface area contributed by atoms with E-state index in [2.05, 4.69) is 0 Å². The summed E-state index contributed by atoms with van der Waals surface area (Å²) in [7, 11) is 0. The van der Waals surface area contributed by atoms with E-state index in [1.165, 1.54) is 19.3 Å². The van der Waals surface area contributed by atoms with Crippen molar-refractivity contribution in [1.82, 2.24) is 0 Å². The van der Waals surface area contributed by atoms with Crippen LogP contribution in [0.25, 0.3) is 0 Å². The van der Waals surface area contributed by atoms with Gasteiger partial charge in [-0.3, -0.25) is 0 Å². The van der Waals surface area contributed by atoms with E-state index in [-0.39, 0.29) is 0 Å². The lowest BCUT2D eigenvalue weighted by molar-refractivity contribution is 0.166. The minimum absolute atomic E-state index is 0.356. The van der Waals surface area contributed by atoms with Gasteiger partial charge in [0.1, 0.15) is 0 Å². The Hall–Kier alpha value is -0.0800. The number of hydrogen-bond donors (Lipinski definition) is 2. The molecule has 0 heterocycles. The second-order valence-corrected chi connectivity index (χ2v) is 3.84. The molecule has 2 aliphatic rings. The molecule has 0 radical (unpaired) electrons. The van der Waals surface area contributed by atoms with E-state index in [1.54, 1.807) is 0 Å². The molecule has 58 valence electrons. The van der Waals surface area contributed by atoms with Gasteiger partial charge in [-0.05, 0) is 37.0 Å². The Morgan fingerprint density at radius 3 is 2.50 bits per heavy atom. The Kier molecular flexibility index (Phi) is 1.46. The van der Waals surface area contributed by atoms with Gasteiger partial charge in [0.05, 0.1) is 0 Å². The first kappa shape index (κ1) is 6.62. The molecule has 0 aromatic carbocycles. The second kappa shape index (κ2) is 2.21. The largest absolute Gasteiger partial charge is 0.396 e. The number of fused-ring (bicyclic) bond motifs is 2. The third-order valence-electron chi connectivity index (χ3n) is 3.24. The summed E-state index contributed by atoms with van der Waals surface area (Å²) in [6.45, 7) is 0.356. The highest BCUT2D eigenvalue weighted by Crippen LogP contribution is 2.47. The summed E-state index contributed by atoms with van der Waals surface area (Å²) in [6, 6.07) is 0.399. The molecular formula is C8H15NO. The van der Waals surface area contributed by atoms with Crippen molar-refractivity contribution in [3.63, 3.8) is 0 Å². The van der Waals surface area contributed by atoms with Crippen LogP contribution >= 0.6 is 0 Å². The number of aliphatic hydroxyl groups is 1. The average molecular weight is 141 g/mol. The lowest BCUT2D eigenvalue weighted by atomic mass is 9.86. The molecule has 0 aliphatic heterocycles. The van der Waals surface area contributed by atoms with E-state index in [4.69, 9.17) is 10.8 Å². The molecule has 3 N–H and O–H groups in total. The molecule has 0 amide bonds. The van der Waals surface area contributed by atoms with Crippen molar-refractivity contribution >= 4 is 0 Å². The smallest absolute Gasteiger partial charge is 0.0462 e. The Bertz CT molecular complexity index is 135. The highest BCUT2D eigenvalue weighted by atomic mass is 16.3. The van der Waals surface area contributed by atoms with Crippen molar-refractivity contribution in [2.24, 2.45) is 23.5 Å². The van der Waals surface area contributed by atoms with Crippen LogP contribution in [0.3, 0.4) is 0 Å². The van der Waals surface area contributed by atoms with Crippen LogP contribution in [-0.2, 0) is 0 Å². The van der Waals surface area contributed by atoms with Gasteiger partial charge in [0, 0.05) is 12.6 Å². The van der Waals surface area contributed by atoms with Crippen molar-refractivity contribution in [3.8, 4) is 0 Å². The standard InChI is InChI=1S/C8H15NO/c9-8-3-5-1-6(4-10)7(8)2-5/h5-8,10H,1-4,9H2/t5-,6+,7-,8-/m0/s1. The molecule has 0 unspecified atom stereocenters. The number of aliphatic hydroxyl groups excluding tert-OH is 1. The van der Waals surface area contributed by atoms with Crippen LogP contribution in [0.15, 0.2) is 0 Å². The first-order valence-electron chi connectivity index (χ1n) is 4.17. The summed E-state index contributed by atoms with van der Waals surface area (Å²) in [6.07, 6.45) is 3.72. The van der Waals surface area contributed by atoms with Crippen LogP contribution in [0.4, 0.5) is 0 Å². The lowest BCUT2D eigenvalue weighted by Crippen LogP contribution is -2.33. The van der Waals surface area contributed by atoms with Crippen LogP contribution in [0, 0.1) is 17.8 Å². The average Bonchev–Trinajstić information content (AvgIpc) is 2.44. The fourth-order valence-corrected chi connectivity index (χ4v) is 2.76. The van der Waals surface area contributed by atoms with E-state index < -0.39 is 0 Å². The van der Waals surface area contributed by atoms with Crippen LogP contribution < -0.4 is 5.73 Å². The van der Waals surface area contributed by atoms with Crippen LogP contribution in [0.2, 0.25) is 0 Å². The van der Waals surface area contributed by atoms with Crippen LogP contribution in [0.1, 0.15) is 19.3 Å². The van der Waals surface area contributed by atoms with Gasteiger partial charge in [0.25, 0.3) is 0 Å². The molecule has 2 heteroatoms. The Labute approximate surface area is 61.4 Å². The normalized spacial score (nSPS) is 52.2. The van der Waals surface area contributed by atoms with E-state index in [0.717, 1.165) is 5.92 Å². The quantitative estimate of drug-likeness (QED) is 0.553. The molecule has 10 heavy (non-hydrogen) atoms. The fourth-order valence-electron chi connectivity index (χ4n) is 2.76. The zero-order valence-electron chi connectivity index (χ0n) is 6.16. The minimum atomic E-state index is 0.356. The monoisotopic (exact) mass is 141 g/mol. The van der Waals surface area contributed by atoms with Gasteiger partial charge >= 0.3 is 0 Å². The molecule has 2 aliphatic carbocycles. The molecule has 0 saturated heterocycles. The Morgan fingerprint density at radius 2 is 2.10 bits per heavy atom. The fraction of sp³-hybridized carbons (Fsp3) is 1.00. The topological polar surface area (TPSA) is 46.2 Å². The summed E-state index contributed by atoms with van der Waals surface area (Å²) in [4.78, 5) is 0. The third kappa shape index (κ3) is 0.789. The van der Waals surface area contributed by atoms with Gasteiger partial charge in [0.15, 0.2) is 0 Å². The van der Waals surface area contributed by atoms with Gasteiger partial charge in [0.2, 0.25) is 0 Å².